The molecule has 0 aromatic rings. The fourth-order valence-corrected chi connectivity index (χ4v) is 13.1. The molecule has 0 N–H and O–H groups in total. The predicted molar refractivity (Wildman–Crippen MR) is 402 cm³/mol. The van der Waals surface area contributed by atoms with Crippen molar-refractivity contribution in [3.63, 3.8) is 0 Å². The van der Waals surface area contributed by atoms with Crippen molar-refractivity contribution in [1.82, 2.24) is 0 Å². The second kappa shape index (κ2) is 74.2. The van der Waals surface area contributed by atoms with E-state index in [2.05, 4.69) is 62.5 Å². The summed E-state index contributed by atoms with van der Waals surface area (Å²) in [5.74, 6) is -0.806. The molecule has 0 aromatic heterocycles. The van der Waals surface area contributed by atoms with E-state index in [1.165, 1.54) is 327 Å². The zero-order valence-electron chi connectivity index (χ0n) is 62.7. The zero-order valence-corrected chi connectivity index (χ0v) is 63.6. The van der Waals surface area contributed by atoms with Crippen molar-refractivity contribution in [3.05, 3.63) is 48.6 Å². The first-order chi connectivity index (χ1) is 45.5. The van der Waals surface area contributed by atoms with Crippen LogP contribution < -0.4 is 4.89 Å². The molecule has 0 saturated heterocycles. The third-order valence-electron chi connectivity index (χ3n) is 18.6. The molecule has 10 heteroatoms. The van der Waals surface area contributed by atoms with E-state index in [-0.39, 0.29) is 32.0 Å². The van der Waals surface area contributed by atoms with Gasteiger partial charge in [-0.1, -0.05) is 403 Å². The number of hydrogen-bond donors (Lipinski definition) is 0. The Kier molecular flexibility index (Phi) is 72.6. The molecule has 0 bridgehead atoms. The van der Waals surface area contributed by atoms with Gasteiger partial charge in [-0.3, -0.25) is 14.2 Å². The van der Waals surface area contributed by atoms with Crippen molar-refractivity contribution in [2.75, 3.05) is 47.5 Å². The number of likely N-dealkylation sites (N-methyl/N-ethyl adjacent to an activating group) is 1. The van der Waals surface area contributed by atoms with Gasteiger partial charge in [0.05, 0.1) is 27.7 Å². The standard InChI is InChI=1S/C83H158NO8P/c1-6-8-10-12-14-16-18-20-22-24-26-28-30-32-34-36-38-40-41-42-43-44-46-48-50-52-54-56-58-60-62-64-66-68-70-72-74-76-83(86)92-81(80-91-93(87,88)90-78-77-84(3,4)5)79-89-82(85)75-73-71-69-67-65-63-61-59-57-55-53-51-49-47-45-39-37-35-33-31-29-27-25-23-21-19-17-15-13-11-9-7-2/h8,10,14,16,20,22,26,28,81H,6-7,9,11-13,15,17-19,21,23-25,27,29-80H2,1-5H3/b10-8-,16-14-,22-20-,28-26-. The lowest BCUT2D eigenvalue weighted by molar-refractivity contribution is -0.870. The lowest BCUT2D eigenvalue weighted by Crippen LogP contribution is -2.37. The van der Waals surface area contributed by atoms with Crippen LogP contribution in [0.2, 0.25) is 0 Å². The molecule has 0 heterocycles. The quantitative estimate of drug-likeness (QED) is 0.0195. The number of phosphoric ester groups is 1. The van der Waals surface area contributed by atoms with Crippen molar-refractivity contribution in [2.24, 2.45) is 0 Å². The molecule has 2 unspecified atom stereocenters. The molecule has 0 aromatic carbocycles. The van der Waals surface area contributed by atoms with Crippen molar-refractivity contribution < 1.29 is 42.1 Å². The van der Waals surface area contributed by atoms with E-state index >= 15 is 0 Å². The van der Waals surface area contributed by atoms with E-state index in [9.17, 15) is 19.0 Å². The highest BCUT2D eigenvalue weighted by atomic mass is 31.2. The topological polar surface area (TPSA) is 111 Å². The lowest BCUT2D eigenvalue weighted by atomic mass is 10.0. The van der Waals surface area contributed by atoms with E-state index in [0.29, 0.717) is 17.4 Å². The first-order valence-electron chi connectivity index (χ1n) is 40.8. The molecule has 0 radical (unpaired) electrons. The van der Waals surface area contributed by atoms with Crippen LogP contribution in [0.1, 0.15) is 418 Å². The van der Waals surface area contributed by atoms with Crippen molar-refractivity contribution >= 4 is 19.8 Å². The number of phosphoric acid groups is 1. The number of allylic oxidation sites excluding steroid dienone is 8. The first-order valence-corrected chi connectivity index (χ1v) is 42.3. The summed E-state index contributed by atoms with van der Waals surface area (Å²) in [5.41, 5.74) is 0. The van der Waals surface area contributed by atoms with Gasteiger partial charge < -0.3 is 27.9 Å². The molecule has 0 aliphatic carbocycles. The maximum absolute atomic E-state index is 12.9. The van der Waals surface area contributed by atoms with Gasteiger partial charge >= 0.3 is 11.9 Å². The Bertz CT molecular complexity index is 1710. The maximum Gasteiger partial charge on any atom is 0.306 e. The summed E-state index contributed by atoms with van der Waals surface area (Å²) in [5, 5.41) is 0. The van der Waals surface area contributed by atoms with Gasteiger partial charge in [-0.2, -0.15) is 0 Å². The van der Waals surface area contributed by atoms with Crippen LogP contribution in [-0.2, 0) is 32.7 Å². The molecule has 9 nitrogen and oxygen atoms in total. The number of esters is 2. The van der Waals surface area contributed by atoms with Gasteiger partial charge in [-0.05, 0) is 51.4 Å². The SMILES string of the molecule is CC/C=C\C/C=C\C/C=C\C/C=C\CCCCCCCCCCCCCCCCCCCCCCCCCCC(=O)OC(COC(=O)CCCCCCCCCCCCCCCCCCCCCCCCCCCCCCCCCC)COP(=O)([O-])OCC[N+](C)(C)C. The van der Waals surface area contributed by atoms with Crippen LogP contribution in [0.15, 0.2) is 48.6 Å². The summed E-state index contributed by atoms with van der Waals surface area (Å²) < 4.78 is 34.4. The van der Waals surface area contributed by atoms with E-state index in [1.807, 2.05) is 21.1 Å². The van der Waals surface area contributed by atoms with Crippen LogP contribution in [0, 0.1) is 0 Å². The van der Waals surface area contributed by atoms with Gasteiger partial charge in [0.15, 0.2) is 6.10 Å². The predicted octanol–water partition coefficient (Wildman–Crippen LogP) is 26.5. The van der Waals surface area contributed by atoms with Crippen LogP contribution in [0.5, 0.6) is 0 Å². The molecule has 0 aliphatic rings. The van der Waals surface area contributed by atoms with Crippen LogP contribution >= 0.6 is 7.82 Å². The number of unbranched alkanes of at least 4 members (excludes halogenated alkanes) is 55. The Labute approximate surface area is 579 Å². The number of carbonyl (C=O) groups excluding carboxylic acids is 2. The van der Waals surface area contributed by atoms with E-state index in [1.54, 1.807) is 0 Å². The molecular formula is C83H158NO8P. The number of nitrogens with zero attached hydrogens (tertiary/aromatic N) is 1. The largest absolute Gasteiger partial charge is 0.756 e. The second-order valence-corrected chi connectivity index (χ2v) is 30.5. The molecule has 0 aliphatic heterocycles. The number of carbonyl (C=O) groups is 2. The number of quaternary nitrogens is 1. The summed E-state index contributed by atoms with van der Waals surface area (Å²) in [4.78, 5) is 38.2. The molecule has 2 atom stereocenters. The monoisotopic (exact) mass is 1330 g/mol. The minimum Gasteiger partial charge on any atom is -0.756 e. The third kappa shape index (κ3) is 78.8. The number of rotatable bonds is 77. The average Bonchev–Trinajstić information content (AvgIpc) is 2.27. The molecule has 548 valence electrons. The van der Waals surface area contributed by atoms with Gasteiger partial charge in [-0.25, -0.2) is 0 Å². The minimum absolute atomic E-state index is 0.0271. The second-order valence-electron chi connectivity index (χ2n) is 29.1. The summed E-state index contributed by atoms with van der Waals surface area (Å²) >= 11 is 0. The highest BCUT2D eigenvalue weighted by molar-refractivity contribution is 7.45. The van der Waals surface area contributed by atoms with Gasteiger partial charge in [0.25, 0.3) is 7.82 Å². The van der Waals surface area contributed by atoms with E-state index in [4.69, 9.17) is 18.5 Å². The Morgan fingerprint density at radius 1 is 0.344 bits per heavy atom. The Morgan fingerprint density at radius 2 is 0.613 bits per heavy atom. The van der Waals surface area contributed by atoms with Gasteiger partial charge in [0.1, 0.15) is 19.8 Å². The Morgan fingerprint density at radius 3 is 0.914 bits per heavy atom. The molecule has 0 rings (SSSR count). The fraction of sp³-hybridized carbons (Fsp3) is 0.880. The van der Waals surface area contributed by atoms with Crippen molar-refractivity contribution in [2.45, 2.75) is 424 Å². The number of ether oxygens (including phenoxy) is 2. The minimum atomic E-state index is -4.64. The van der Waals surface area contributed by atoms with Crippen LogP contribution in [0.3, 0.4) is 0 Å². The summed E-state index contributed by atoms with van der Waals surface area (Å²) in [7, 11) is 1.19. The lowest BCUT2D eigenvalue weighted by Gasteiger charge is -2.28. The average molecular weight is 1330 g/mol. The zero-order chi connectivity index (χ0) is 67.6. The van der Waals surface area contributed by atoms with Gasteiger partial charge in [0.2, 0.25) is 0 Å². The third-order valence-corrected chi connectivity index (χ3v) is 19.6. The normalized spacial score (nSPS) is 13.2. The maximum atomic E-state index is 12.9. The Balaban J connectivity index is 3.89. The smallest absolute Gasteiger partial charge is 0.306 e. The van der Waals surface area contributed by atoms with Crippen LogP contribution in [-0.4, -0.2) is 70.0 Å². The highest BCUT2D eigenvalue weighted by Gasteiger charge is 2.22. The van der Waals surface area contributed by atoms with Gasteiger partial charge in [0, 0.05) is 12.8 Å². The highest BCUT2D eigenvalue weighted by Crippen LogP contribution is 2.38. The van der Waals surface area contributed by atoms with E-state index in [0.717, 1.165) is 57.8 Å². The summed E-state index contributed by atoms with van der Waals surface area (Å²) in [6, 6.07) is 0. The van der Waals surface area contributed by atoms with Crippen LogP contribution in [0.25, 0.3) is 0 Å². The molecule has 0 saturated carbocycles. The van der Waals surface area contributed by atoms with Gasteiger partial charge in [-0.15, -0.1) is 0 Å². The Hall–Kier alpha value is -2.03. The molecule has 0 spiro atoms. The molecule has 0 fully saturated rings. The molecule has 0 amide bonds. The first kappa shape index (κ1) is 91.0. The number of hydrogen-bond acceptors (Lipinski definition) is 8. The fourth-order valence-electron chi connectivity index (χ4n) is 12.4. The molecule has 93 heavy (non-hydrogen) atoms. The van der Waals surface area contributed by atoms with E-state index < -0.39 is 26.5 Å². The summed E-state index contributed by atoms with van der Waals surface area (Å²) in [6.45, 7) is 4.21. The van der Waals surface area contributed by atoms with Crippen molar-refractivity contribution in [1.29, 1.82) is 0 Å². The molecular weight excluding hydrogens is 1170 g/mol. The van der Waals surface area contributed by atoms with Crippen LogP contribution in [0.4, 0.5) is 0 Å². The summed E-state index contributed by atoms with van der Waals surface area (Å²) in [6.07, 6.45) is 98.2. The van der Waals surface area contributed by atoms with Crippen molar-refractivity contribution in [3.8, 4) is 0 Å².